The van der Waals surface area contributed by atoms with Gasteiger partial charge in [0.05, 0.1) is 24.0 Å². The van der Waals surface area contributed by atoms with Crippen LogP contribution in [0.2, 0.25) is 0 Å². The first-order valence-electron chi connectivity index (χ1n) is 8.78. The molecule has 3 rings (SSSR count). The van der Waals surface area contributed by atoms with E-state index in [2.05, 4.69) is 15.3 Å². The van der Waals surface area contributed by atoms with Gasteiger partial charge in [-0.2, -0.15) is 0 Å². The fraction of sp³-hybridized carbons (Fsp3) is 0.190. The summed E-state index contributed by atoms with van der Waals surface area (Å²) in [6.45, 7) is 2.04. The number of rotatable bonds is 6. The summed E-state index contributed by atoms with van der Waals surface area (Å²) in [6.07, 6.45) is 3.36. The molecule has 1 amide bonds. The number of carbonyl (C=O) groups excluding carboxylic acids is 1. The number of aryl methyl sites for hydroxylation is 1. The lowest BCUT2D eigenvalue weighted by molar-refractivity contribution is -0.115. The molecule has 0 aliphatic carbocycles. The third-order valence-electron chi connectivity index (χ3n) is 4.05. The average Bonchev–Trinajstić information content (AvgIpc) is 2.66. The van der Waals surface area contributed by atoms with Crippen LogP contribution < -0.4 is 5.32 Å². The Hall–Kier alpha value is -3.41. The Kier molecular flexibility index (Phi) is 5.66. The normalized spacial score (nSPS) is 10.6. The lowest BCUT2D eigenvalue weighted by Crippen LogP contribution is -2.17. The highest BCUT2D eigenvalue weighted by Crippen LogP contribution is 2.22. The number of aromatic hydroxyl groups is 2. The molecule has 138 valence electrons. The Morgan fingerprint density at radius 2 is 1.63 bits per heavy atom. The van der Waals surface area contributed by atoms with E-state index in [4.69, 9.17) is 0 Å². The number of carbonyl (C=O) groups is 1. The number of nitrogens with zero attached hydrogens (tertiary/aromatic N) is 2. The van der Waals surface area contributed by atoms with Crippen LogP contribution in [0.15, 0.2) is 54.7 Å². The second-order valence-electron chi connectivity index (χ2n) is 6.24. The number of nitrogens with one attached hydrogen (secondary N) is 1. The van der Waals surface area contributed by atoms with E-state index in [9.17, 15) is 15.0 Å². The van der Waals surface area contributed by atoms with Crippen molar-refractivity contribution in [3.8, 4) is 22.8 Å². The van der Waals surface area contributed by atoms with Crippen LogP contribution in [0.5, 0.6) is 11.5 Å². The van der Waals surface area contributed by atoms with Gasteiger partial charge in [-0.15, -0.1) is 0 Å². The molecular formula is C21H21N3O3. The molecule has 27 heavy (non-hydrogen) atoms. The molecule has 1 aromatic heterocycles. The fourth-order valence-corrected chi connectivity index (χ4v) is 2.69. The summed E-state index contributed by atoms with van der Waals surface area (Å²) in [5.74, 6) is 0.631. The maximum atomic E-state index is 12.3. The van der Waals surface area contributed by atoms with Crippen LogP contribution in [0.3, 0.4) is 0 Å². The highest BCUT2D eigenvalue weighted by atomic mass is 16.3. The third kappa shape index (κ3) is 4.82. The monoisotopic (exact) mass is 363 g/mol. The first kappa shape index (κ1) is 18.4. The molecule has 0 aliphatic heterocycles. The standard InChI is InChI=1S/C21H21N3O3/c1-2-3-18-21(24-20(27)12-14-4-8-16(25)9-5-14)22-13-19(23-18)15-6-10-17(26)11-7-15/h4-11,13,25-26H,2-3,12H2,1H3,(H,22,24,27). The van der Waals surface area contributed by atoms with Crippen molar-refractivity contribution in [2.45, 2.75) is 26.2 Å². The Morgan fingerprint density at radius 3 is 2.26 bits per heavy atom. The zero-order chi connectivity index (χ0) is 19.2. The van der Waals surface area contributed by atoms with Crippen molar-refractivity contribution in [2.24, 2.45) is 0 Å². The largest absolute Gasteiger partial charge is 0.508 e. The Bertz CT molecular complexity index is 922. The van der Waals surface area contributed by atoms with Crippen LogP contribution in [-0.2, 0) is 17.6 Å². The van der Waals surface area contributed by atoms with Crippen LogP contribution in [0.25, 0.3) is 11.3 Å². The molecule has 6 heteroatoms. The van der Waals surface area contributed by atoms with Crippen LogP contribution in [-0.4, -0.2) is 26.1 Å². The minimum atomic E-state index is -0.190. The van der Waals surface area contributed by atoms with Gasteiger partial charge in [0, 0.05) is 5.56 Å². The molecule has 0 bridgehead atoms. The number of phenols is 2. The number of hydrogen-bond donors (Lipinski definition) is 3. The minimum absolute atomic E-state index is 0.167. The predicted molar refractivity (Wildman–Crippen MR) is 104 cm³/mol. The van der Waals surface area contributed by atoms with Gasteiger partial charge in [0.1, 0.15) is 11.5 Å². The summed E-state index contributed by atoms with van der Waals surface area (Å²) in [6, 6.07) is 13.3. The molecule has 1 heterocycles. The van der Waals surface area contributed by atoms with E-state index in [1.54, 1.807) is 54.7 Å². The number of benzene rings is 2. The van der Waals surface area contributed by atoms with Crippen molar-refractivity contribution in [3.05, 3.63) is 66.0 Å². The van der Waals surface area contributed by atoms with E-state index in [1.807, 2.05) is 6.92 Å². The molecule has 0 atom stereocenters. The van der Waals surface area contributed by atoms with Gasteiger partial charge in [0.2, 0.25) is 5.91 Å². The Morgan fingerprint density at radius 1 is 1.00 bits per heavy atom. The zero-order valence-corrected chi connectivity index (χ0v) is 15.0. The maximum absolute atomic E-state index is 12.3. The van der Waals surface area contributed by atoms with E-state index in [1.165, 1.54) is 0 Å². The smallest absolute Gasteiger partial charge is 0.229 e. The van der Waals surface area contributed by atoms with Crippen molar-refractivity contribution < 1.29 is 15.0 Å². The molecule has 0 saturated heterocycles. The van der Waals surface area contributed by atoms with Gasteiger partial charge in [-0.25, -0.2) is 9.97 Å². The second-order valence-corrected chi connectivity index (χ2v) is 6.24. The molecular weight excluding hydrogens is 342 g/mol. The first-order chi connectivity index (χ1) is 13.0. The van der Waals surface area contributed by atoms with Crippen molar-refractivity contribution in [2.75, 3.05) is 5.32 Å². The van der Waals surface area contributed by atoms with Crippen molar-refractivity contribution in [3.63, 3.8) is 0 Å². The second kappa shape index (κ2) is 8.31. The highest BCUT2D eigenvalue weighted by molar-refractivity contribution is 5.92. The molecule has 0 spiro atoms. The van der Waals surface area contributed by atoms with Gasteiger partial charge in [0.15, 0.2) is 5.82 Å². The Balaban J connectivity index is 1.78. The molecule has 6 nitrogen and oxygen atoms in total. The lowest BCUT2D eigenvalue weighted by Gasteiger charge is -2.11. The molecule has 3 aromatic rings. The van der Waals surface area contributed by atoms with Gasteiger partial charge >= 0.3 is 0 Å². The number of aromatic nitrogens is 2. The van der Waals surface area contributed by atoms with E-state index in [0.717, 1.165) is 23.2 Å². The summed E-state index contributed by atoms with van der Waals surface area (Å²) < 4.78 is 0. The predicted octanol–water partition coefficient (Wildman–Crippen LogP) is 3.69. The van der Waals surface area contributed by atoms with Crippen molar-refractivity contribution >= 4 is 11.7 Å². The van der Waals surface area contributed by atoms with Crippen LogP contribution in [0.1, 0.15) is 24.6 Å². The molecule has 0 fully saturated rings. The Labute approximate surface area is 157 Å². The SMILES string of the molecule is CCCc1nc(-c2ccc(O)cc2)cnc1NC(=O)Cc1ccc(O)cc1. The number of anilines is 1. The minimum Gasteiger partial charge on any atom is -0.508 e. The van der Waals surface area contributed by atoms with Gasteiger partial charge in [-0.1, -0.05) is 25.5 Å². The highest BCUT2D eigenvalue weighted by Gasteiger charge is 2.12. The summed E-state index contributed by atoms with van der Waals surface area (Å²) in [5.41, 5.74) is 3.06. The number of phenolic OH excluding ortho intramolecular Hbond substituents is 2. The lowest BCUT2D eigenvalue weighted by atomic mass is 10.1. The summed E-state index contributed by atoms with van der Waals surface area (Å²) >= 11 is 0. The third-order valence-corrected chi connectivity index (χ3v) is 4.05. The molecule has 0 radical (unpaired) electrons. The van der Waals surface area contributed by atoms with Gasteiger partial charge in [-0.05, 0) is 48.4 Å². The number of hydrogen-bond acceptors (Lipinski definition) is 5. The quantitative estimate of drug-likeness (QED) is 0.621. The molecule has 2 aromatic carbocycles. The molecule has 0 aliphatic rings. The zero-order valence-electron chi connectivity index (χ0n) is 15.0. The maximum Gasteiger partial charge on any atom is 0.229 e. The van der Waals surface area contributed by atoms with Crippen LogP contribution in [0, 0.1) is 0 Å². The van der Waals surface area contributed by atoms with E-state index < -0.39 is 0 Å². The molecule has 3 N–H and O–H groups in total. The van der Waals surface area contributed by atoms with E-state index in [-0.39, 0.29) is 23.8 Å². The topological polar surface area (TPSA) is 95.3 Å². The van der Waals surface area contributed by atoms with Gasteiger partial charge in [0.25, 0.3) is 0 Å². The van der Waals surface area contributed by atoms with E-state index >= 15 is 0 Å². The summed E-state index contributed by atoms with van der Waals surface area (Å²) in [7, 11) is 0. The van der Waals surface area contributed by atoms with Gasteiger partial charge < -0.3 is 15.5 Å². The summed E-state index contributed by atoms with van der Waals surface area (Å²) in [5, 5.41) is 21.6. The average molecular weight is 363 g/mol. The van der Waals surface area contributed by atoms with E-state index in [0.29, 0.717) is 17.9 Å². The van der Waals surface area contributed by atoms with Crippen molar-refractivity contribution in [1.82, 2.24) is 9.97 Å². The van der Waals surface area contributed by atoms with Crippen LogP contribution >= 0.6 is 0 Å². The van der Waals surface area contributed by atoms with Crippen molar-refractivity contribution in [1.29, 1.82) is 0 Å². The fourth-order valence-electron chi connectivity index (χ4n) is 2.69. The number of amides is 1. The van der Waals surface area contributed by atoms with Crippen LogP contribution in [0.4, 0.5) is 5.82 Å². The molecule has 0 unspecified atom stereocenters. The first-order valence-corrected chi connectivity index (χ1v) is 8.78. The summed E-state index contributed by atoms with van der Waals surface area (Å²) in [4.78, 5) is 21.4. The molecule has 0 saturated carbocycles. The van der Waals surface area contributed by atoms with Gasteiger partial charge in [-0.3, -0.25) is 4.79 Å².